The number of anilines is 1. The number of hydrogen-bond donors (Lipinski definition) is 1. The summed E-state index contributed by atoms with van der Waals surface area (Å²) in [6.45, 7) is 0.174. The number of fused-ring (bicyclic) bond motifs is 2. The summed E-state index contributed by atoms with van der Waals surface area (Å²) in [7, 11) is 0. The van der Waals surface area contributed by atoms with E-state index >= 15 is 0 Å². The first-order valence-corrected chi connectivity index (χ1v) is 11.7. The number of nitrogens with zero attached hydrogens (tertiary/aromatic N) is 4. The van der Waals surface area contributed by atoms with Crippen molar-refractivity contribution in [3.63, 3.8) is 0 Å². The van der Waals surface area contributed by atoms with Gasteiger partial charge in [-0.05, 0) is 23.8 Å². The van der Waals surface area contributed by atoms with Gasteiger partial charge in [0.15, 0.2) is 0 Å². The third-order valence-corrected chi connectivity index (χ3v) is 6.61. The van der Waals surface area contributed by atoms with E-state index < -0.39 is 11.8 Å². The standard InChI is InChI=1S/C26H17N5O3S/c32-22(27-25-28-26-31(29-25)21(15-35-26)17-9-5-2-6-10-17)18-11-12-19-20(13-18)24(34)30(23(19)33)14-16-7-3-1-4-8-16/h1-13,15H,14H2,(H,27,29,32). The van der Waals surface area contributed by atoms with Gasteiger partial charge in [0, 0.05) is 16.5 Å². The Bertz CT molecular complexity index is 1610. The van der Waals surface area contributed by atoms with Gasteiger partial charge >= 0.3 is 0 Å². The van der Waals surface area contributed by atoms with E-state index in [1.165, 1.54) is 34.4 Å². The van der Waals surface area contributed by atoms with Crippen LogP contribution in [0.4, 0.5) is 5.95 Å². The fourth-order valence-electron chi connectivity index (χ4n) is 4.06. The molecular formula is C26H17N5O3S. The molecule has 1 aliphatic rings. The van der Waals surface area contributed by atoms with Crippen molar-refractivity contribution in [2.45, 2.75) is 6.54 Å². The molecule has 0 spiro atoms. The third kappa shape index (κ3) is 3.68. The quantitative estimate of drug-likeness (QED) is 0.374. The minimum absolute atomic E-state index is 0.160. The van der Waals surface area contributed by atoms with E-state index in [-0.39, 0.29) is 35.1 Å². The second kappa shape index (κ2) is 8.30. The Balaban J connectivity index is 1.23. The molecule has 3 heterocycles. The van der Waals surface area contributed by atoms with Gasteiger partial charge < -0.3 is 0 Å². The molecule has 1 N–H and O–H groups in total. The number of thiazole rings is 1. The van der Waals surface area contributed by atoms with E-state index in [2.05, 4.69) is 15.4 Å². The highest BCUT2D eigenvalue weighted by Crippen LogP contribution is 2.27. The fraction of sp³-hybridized carbons (Fsp3) is 0.0385. The van der Waals surface area contributed by atoms with Gasteiger partial charge in [-0.3, -0.25) is 24.6 Å². The predicted molar refractivity (Wildman–Crippen MR) is 131 cm³/mol. The molecule has 1 aliphatic heterocycles. The van der Waals surface area contributed by atoms with Crippen molar-refractivity contribution in [1.82, 2.24) is 19.5 Å². The lowest BCUT2D eigenvalue weighted by Gasteiger charge is -2.13. The van der Waals surface area contributed by atoms with Crippen LogP contribution in [0.25, 0.3) is 16.2 Å². The van der Waals surface area contributed by atoms with E-state index in [1.54, 1.807) is 4.52 Å². The third-order valence-electron chi connectivity index (χ3n) is 5.79. The molecule has 0 atom stereocenters. The highest BCUT2D eigenvalue weighted by atomic mass is 32.1. The molecule has 0 radical (unpaired) electrons. The van der Waals surface area contributed by atoms with Crippen molar-refractivity contribution in [2.75, 3.05) is 5.32 Å². The molecule has 3 aromatic carbocycles. The van der Waals surface area contributed by atoms with E-state index in [4.69, 9.17) is 0 Å². The molecule has 8 nitrogen and oxygen atoms in total. The zero-order valence-electron chi connectivity index (χ0n) is 18.2. The highest BCUT2D eigenvalue weighted by Gasteiger charge is 2.36. The van der Waals surface area contributed by atoms with Crippen LogP contribution in [0.15, 0.2) is 84.2 Å². The van der Waals surface area contributed by atoms with Crippen LogP contribution < -0.4 is 5.32 Å². The van der Waals surface area contributed by atoms with Crippen molar-refractivity contribution < 1.29 is 14.4 Å². The maximum absolute atomic E-state index is 12.9. The number of amides is 3. The van der Waals surface area contributed by atoms with E-state index in [0.29, 0.717) is 4.96 Å². The number of carbonyl (C=O) groups is 3. The Morgan fingerprint density at radius 1 is 0.886 bits per heavy atom. The summed E-state index contributed by atoms with van der Waals surface area (Å²) in [6, 6.07) is 23.6. The predicted octanol–water partition coefficient (Wildman–Crippen LogP) is 4.51. The van der Waals surface area contributed by atoms with Crippen LogP contribution in [0.2, 0.25) is 0 Å². The fourth-order valence-corrected chi connectivity index (χ4v) is 4.89. The first kappa shape index (κ1) is 20.9. The number of carbonyl (C=O) groups excluding carboxylic acids is 3. The second-order valence-electron chi connectivity index (χ2n) is 8.01. The number of nitrogens with one attached hydrogen (secondary N) is 1. The second-order valence-corrected chi connectivity index (χ2v) is 8.85. The summed E-state index contributed by atoms with van der Waals surface area (Å²) in [5.74, 6) is -1.09. The SMILES string of the molecule is O=C(Nc1nc2scc(-c3ccccc3)n2n1)c1ccc2c(c1)C(=O)N(Cc1ccccc1)C2=O. The average Bonchev–Trinajstić information content (AvgIpc) is 3.53. The van der Waals surface area contributed by atoms with Crippen molar-refractivity contribution in [3.8, 4) is 11.3 Å². The Labute approximate surface area is 203 Å². The number of aromatic nitrogens is 3. The van der Waals surface area contributed by atoms with Gasteiger partial charge in [0.25, 0.3) is 23.7 Å². The van der Waals surface area contributed by atoms with Gasteiger partial charge in [0.05, 0.1) is 23.4 Å². The molecule has 2 aromatic heterocycles. The first-order valence-electron chi connectivity index (χ1n) is 10.8. The molecule has 0 saturated heterocycles. The Morgan fingerprint density at radius 2 is 1.60 bits per heavy atom. The molecule has 0 saturated carbocycles. The molecule has 5 aromatic rings. The van der Waals surface area contributed by atoms with E-state index in [0.717, 1.165) is 16.8 Å². The number of benzene rings is 3. The number of imide groups is 1. The molecule has 0 aliphatic carbocycles. The molecule has 6 rings (SSSR count). The molecule has 0 fully saturated rings. The van der Waals surface area contributed by atoms with Crippen molar-refractivity contribution in [1.29, 1.82) is 0 Å². The Morgan fingerprint density at radius 3 is 2.37 bits per heavy atom. The van der Waals surface area contributed by atoms with E-state index in [9.17, 15) is 14.4 Å². The molecule has 3 amide bonds. The maximum Gasteiger partial charge on any atom is 0.261 e. The minimum atomic E-state index is -0.464. The van der Waals surface area contributed by atoms with Crippen LogP contribution in [0.5, 0.6) is 0 Å². The average molecular weight is 480 g/mol. The smallest absolute Gasteiger partial charge is 0.261 e. The molecular weight excluding hydrogens is 462 g/mol. The van der Waals surface area contributed by atoms with Crippen LogP contribution in [0, 0.1) is 0 Å². The minimum Gasteiger partial charge on any atom is -0.289 e. The van der Waals surface area contributed by atoms with Crippen molar-refractivity contribution in [3.05, 3.63) is 106 Å². The van der Waals surface area contributed by atoms with Crippen LogP contribution in [-0.4, -0.2) is 37.2 Å². The largest absolute Gasteiger partial charge is 0.289 e. The van der Waals surface area contributed by atoms with Crippen molar-refractivity contribution in [2.24, 2.45) is 0 Å². The molecule has 0 bridgehead atoms. The van der Waals surface area contributed by atoms with Crippen LogP contribution in [0.1, 0.15) is 36.6 Å². The maximum atomic E-state index is 12.9. The van der Waals surface area contributed by atoms with Gasteiger partial charge in [-0.2, -0.15) is 4.98 Å². The Hall–Kier alpha value is -4.63. The lowest BCUT2D eigenvalue weighted by atomic mass is 10.1. The molecule has 35 heavy (non-hydrogen) atoms. The summed E-state index contributed by atoms with van der Waals surface area (Å²) in [4.78, 5) is 44.9. The monoisotopic (exact) mass is 479 g/mol. The van der Waals surface area contributed by atoms with Gasteiger partial charge in [-0.15, -0.1) is 16.4 Å². The lowest BCUT2D eigenvalue weighted by molar-refractivity contribution is 0.0642. The van der Waals surface area contributed by atoms with Gasteiger partial charge in [0.2, 0.25) is 4.96 Å². The van der Waals surface area contributed by atoms with Crippen molar-refractivity contribution >= 4 is 40.0 Å². The summed E-state index contributed by atoms with van der Waals surface area (Å²) in [5, 5.41) is 9.08. The number of hydrogen-bond acceptors (Lipinski definition) is 6. The van der Waals surface area contributed by atoms with Gasteiger partial charge in [-0.25, -0.2) is 4.52 Å². The Kier molecular flexibility index (Phi) is 4.97. The molecule has 9 heteroatoms. The zero-order valence-corrected chi connectivity index (χ0v) is 19.0. The summed E-state index contributed by atoms with van der Waals surface area (Å²) in [6.07, 6.45) is 0. The summed E-state index contributed by atoms with van der Waals surface area (Å²) >= 11 is 1.42. The highest BCUT2D eigenvalue weighted by molar-refractivity contribution is 7.15. The topological polar surface area (TPSA) is 96.7 Å². The van der Waals surface area contributed by atoms with Gasteiger partial charge in [-0.1, -0.05) is 60.7 Å². The zero-order chi connectivity index (χ0) is 23.9. The summed E-state index contributed by atoms with van der Waals surface area (Å²) < 4.78 is 1.68. The van der Waals surface area contributed by atoms with E-state index in [1.807, 2.05) is 66.0 Å². The molecule has 170 valence electrons. The lowest BCUT2D eigenvalue weighted by Crippen LogP contribution is -2.29. The van der Waals surface area contributed by atoms with Crippen LogP contribution in [0.3, 0.4) is 0 Å². The van der Waals surface area contributed by atoms with Gasteiger partial charge in [0.1, 0.15) is 0 Å². The number of rotatable bonds is 5. The van der Waals surface area contributed by atoms with Crippen LogP contribution >= 0.6 is 11.3 Å². The summed E-state index contributed by atoms with van der Waals surface area (Å²) in [5.41, 5.74) is 3.45. The van der Waals surface area contributed by atoms with Crippen LogP contribution in [-0.2, 0) is 6.54 Å². The molecule has 0 unspecified atom stereocenters. The normalized spacial score (nSPS) is 12.9. The first-order chi connectivity index (χ1) is 17.1.